The van der Waals surface area contributed by atoms with Crippen molar-refractivity contribution in [1.82, 2.24) is 5.32 Å². The maximum absolute atomic E-state index is 12.3. The highest BCUT2D eigenvalue weighted by Crippen LogP contribution is 2.42. The second-order valence-electron chi connectivity index (χ2n) is 7.11. The molecule has 112 valence electrons. The largest absolute Gasteiger partial charge is 0.355 e. The van der Waals surface area contributed by atoms with Crippen molar-refractivity contribution in [2.75, 3.05) is 13.1 Å². The van der Waals surface area contributed by atoms with Crippen molar-refractivity contribution >= 4 is 5.91 Å². The Balaban J connectivity index is 2.60. The Morgan fingerprint density at radius 3 is 2.37 bits per heavy atom. The third kappa shape index (κ3) is 4.20. The van der Waals surface area contributed by atoms with E-state index in [1.807, 2.05) is 13.8 Å². The molecule has 1 aliphatic rings. The number of carbonyl (C=O) groups is 1. The van der Waals surface area contributed by atoms with E-state index in [4.69, 9.17) is 5.73 Å². The van der Waals surface area contributed by atoms with Crippen LogP contribution in [0.25, 0.3) is 0 Å². The molecule has 19 heavy (non-hydrogen) atoms. The fourth-order valence-electron chi connectivity index (χ4n) is 3.32. The minimum atomic E-state index is -0.405. The van der Waals surface area contributed by atoms with Crippen LogP contribution in [0.3, 0.4) is 0 Å². The van der Waals surface area contributed by atoms with Crippen LogP contribution in [-0.2, 0) is 4.79 Å². The molecule has 1 amide bonds. The Kier molecular flexibility index (Phi) is 5.84. The van der Waals surface area contributed by atoms with Gasteiger partial charge in [-0.2, -0.15) is 0 Å². The summed E-state index contributed by atoms with van der Waals surface area (Å²) in [6, 6.07) is 0. The Bertz CT molecular complexity index is 289. The Hall–Kier alpha value is -0.570. The molecule has 0 heterocycles. The molecular formula is C16H32N2O. The van der Waals surface area contributed by atoms with Crippen molar-refractivity contribution in [3.8, 4) is 0 Å². The molecule has 0 spiro atoms. The lowest BCUT2D eigenvalue weighted by Crippen LogP contribution is -2.47. The smallest absolute Gasteiger partial charge is 0.227 e. The topological polar surface area (TPSA) is 55.1 Å². The fraction of sp³-hybridized carbons (Fsp3) is 0.938. The van der Waals surface area contributed by atoms with Gasteiger partial charge in [0.25, 0.3) is 0 Å². The van der Waals surface area contributed by atoms with E-state index >= 15 is 0 Å². The monoisotopic (exact) mass is 268 g/mol. The van der Waals surface area contributed by atoms with Crippen molar-refractivity contribution in [1.29, 1.82) is 0 Å². The summed E-state index contributed by atoms with van der Waals surface area (Å²) in [5.41, 5.74) is 5.69. The van der Waals surface area contributed by atoms with Crippen LogP contribution >= 0.6 is 0 Å². The molecule has 0 radical (unpaired) electrons. The lowest BCUT2D eigenvalue weighted by Gasteiger charge is -2.33. The number of nitrogens with two attached hydrogens (primary N) is 1. The van der Waals surface area contributed by atoms with Gasteiger partial charge in [-0.15, -0.1) is 0 Å². The standard InChI is InChI=1S/C16H32N2O/c1-5-15(4,11-17)14(19)18-12-16(10-13(2)3)8-6-7-9-16/h13H,5-12,17H2,1-4H3,(H,18,19). The van der Waals surface area contributed by atoms with Crippen molar-refractivity contribution < 1.29 is 4.79 Å². The molecule has 1 saturated carbocycles. The highest BCUT2D eigenvalue weighted by atomic mass is 16.2. The summed E-state index contributed by atoms with van der Waals surface area (Å²) in [4.78, 5) is 12.3. The van der Waals surface area contributed by atoms with Crippen LogP contribution in [0.1, 0.15) is 66.2 Å². The lowest BCUT2D eigenvalue weighted by atomic mass is 9.78. The van der Waals surface area contributed by atoms with E-state index in [1.165, 1.54) is 32.1 Å². The number of hydrogen-bond acceptors (Lipinski definition) is 2. The third-order valence-electron chi connectivity index (χ3n) is 4.91. The molecule has 0 aromatic heterocycles. The maximum atomic E-state index is 12.3. The second-order valence-corrected chi connectivity index (χ2v) is 7.11. The van der Waals surface area contributed by atoms with E-state index in [2.05, 4.69) is 19.2 Å². The van der Waals surface area contributed by atoms with Crippen LogP contribution in [0.4, 0.5) is 0 Å². The zero-order chi connectivity index (χ0) is 14.5. The first kappa shape index (κ1) is 16.5. The van der Waals surface area contributed by atoms with Gasteiger partial charge >= 0.3 is 0 Å². The van der Waals surface area contributed by atoms with E-state index in [0.29, 0.717) is 17.9 Å². The maximum Gasteiger partial charge on any atom is 0.227 e. The highest BCUT2D eigenvalue weighted by molar-refractivity contribution is 5.82. The minimum absolute atomic E-state index is 0.132. The zero-order valence-electron chi connectivity index (χ0n) is 13.2. The summed E-state index contributed by atoms with van der Waals surface area (Å²) in [5.74, 6) is 0.828. The van der Waals surface area contributed by atoms with Crippen molar-refractivity contribution in [2.45, 2.75) is 66.2 Å². The number of carbonyl (C=O) groups excluding carboxylic acids is 1. The van der Waals surface area contributed by atoms with Gasteiger partial charge in [0, 0.05) is 13.1 Å². The quantitative estimate of drug-likeness (QED) is 0.745. The highest BCUT2D eigenvalue weighted by Gasteiger charge is 2.36. The lowest BCUT2D eigenvalue weighted by molar-refractivity contribution is -0.130. The molecule has 0 aliphatic heterocycles. The molecule has 0 saturated heterocycles. The third-order valence-corrected chi connectivity index (χ3v) is 4.91. The van der Waals surface area contributed by atoms with Gasteiger partial charge in [-0.05, 0) is 43.9 Å². The van der Waals surface area contributed by atoms with Crippen LogP contribution in [0.15, 0.2) is 0 Å². The zero-order valence-corrected chi connectivity index (χ0v) is 13.2. The van der Waals surface area contributed by atoms with Crippen molar-refractivity contribution in [3.05, 3.63) is 0 Å². The molecule has 1 rings (SSSR count). The number of hydrogen-bond donors (Lipinski definition) is 2. The van der Waals surface area contributed by atoms with Gasteiger partial charge in [0.05, 0.1) is 5.41 Å². The predicted octanol–water partition coefficient (Wildman–Crippen LogP) is 3.08. The molecule has 3 N–H and O–H groups in total. The molecule has 0 bridgehead atoms. The summed E-state index contributed by atoms with van der Waals surface area (Å²) < 4.78 is 0. The minimum Gasteiger partial charge on any atom is -0.355 e. The van der Waals surface area contributed by atoms with Gasteiger partial charge in [0.2, 0.25) is 5.91 Å². The average molecular weight is 268 g/mol. The number of amides is 1. The Labute approximate surface area is 118 Å². The molecular weight excluding hydrogens is 236 g/mol. The summed E-state index contributed by atoms with van der Waals surface area (Å²) in [5, 5.41) is 3.19. The van der Waals surface area contributed by atoms with Gasteiger partial charge in [-0.1, -0.05) is 33.6 Å². The Morgan fingerprint density at radius 1 is 1.37 bits per heavy atom. The van der Waals surface area contributed by atoms with Gasteiger partial charge in [-0.3, -0.25) is 4.79 Å². The van der Waals surface area contributed by atoms with E-state index in [9.17, 15) is 4.79 Å². The molecule has 1 atom stereocenters. The van der Waals surface area contributed by atoms with E-state index in [1.54, 1.807) is 0 Å². The summed E-state index contributed by atoms with van der Waals surface area (Å²) >= 11 is 0. The Morgan fingerprint density at radius 2 is 1.95 bits per heavy atom. The van der Waals surface area contributed by atoms with Crippen LogP contribution < -0.4 is 11.1 Å². The first-order valence-corrected chi connectivity index (χ1v) is 7.86. The molecule has 3 nitrogen and oxygen atoms in total. The number of rotatable bonds is 7. The van der Waals surface area contributed by atoms with Crippen LogP contribution in [0.5, 0.6) is 0 Å². The van der Waals surface area contributed by atoms with Crippen LogP contribution in [0, 0.1) is 16.7 Å². The SMILES string of the molecule is CCC(C)(CN)C(=O)NCC1(CC(C)C)CCCC1. The van der Waals surface area contributed by atoms with Crippen molar-refractivity contribution in [3.63, 3.8) is 0 Å². The molecule has 0 aromatic rings. The fourth-order valence-corrected chi connectivity index (χ4v) is 3.32. The van der Waals surface area contributed by atoms with Crippen LogP contribution in [-0.4, -0.2) is 19.0 Å². The van der Waals surface area contributed by atoms with E-state index in [-0.39, 0.29) is 5.91 Å². The first-order valence-electron chi connectivity index (χ1n) is 7.86. The summed E-state index contributed by atoms with van der Waals surface area (Å²) in [6.45, 7) is 9.81. The molecule has 1 unspecified atom stereocenters. The van der Waals surface area contributed by atoms with Crippen LogP contribution in [0.2, 0.25) is 0 Å². The normalized spacial score (nSPS) is 21.4. The molecule has 1 fully saturated rings. The van der Waals surface area contributed by atoms with Gasteiger partial charge < -0.3 is 11.1 Å². The van der Waals surface area contributed by atoms with Gasteiger partial charge in [0.1, 0.15) is 0 Å². The predicted molar refractivity (Wildman–Crippen MR) is 80.8 cm³/mol. The molecule has 1 aliphatic carbocycles. The van der Waals surface area contributed by atoms with E-state index in [0.717, 1.165) is 13.0 Å². The van der Waals surface area contributed by atoms with E-state index < -0.39 is 5.41 Å². The summed E-state index contributed by atoms with van der Waals surface area (Å²) in [7, 11) is 0. The average Bonchev–Trinajstić information content (AvgIpc) is 2.83. The molecule has 3 heteroatoms. The molecule has 0 aromatic carbocycles. The van der Waals surface area contributed by atoms with Crippen molar-refractivity contribution in [2.24, 2.45) is 22.5 Å². The van der Waals surface area contributed by atoms with Gasteiger partial charge in [0.15, 0.2) is 0 Å². The second kappa shape index (κ2) is 6.74. The van der Waals surface area contributed by atoms with Gasteiger partial charge in [-0.25, -0.2) is 0 Å². The summed E-state index contributed by atoms with van der Waals surface area (Å²) in [6.07, 6.45) is 7.16. The number of nitrogens with one attached hydrogen (secondary N) is 1. The first-order chi connectivity index (χ1) is 8.87.